The maximum absolute atomic E-state index is 4.37. The Morgan fingerprint density at radius 3 is 2.42 bits per heavy atom. The van der Waals surface area contributed by atoms with Crippen LogP contribution in [0.15, 0.2) is 145 Å². The van der Waals surface area contributed by atoms with Crippen molar-refractivity contribution in [3.05, 3.63) is 173 Å². The molecule has 0 radical (unpaired) electrons. The highest BCUT2D eigenvalue weighted by atomic mass is 15.1. The Kier molecular flexibility index (Phi) is 7.42. The number of rotatable bonds is 6. The number of hydrogen-bond donors (Lipinski definition) is 0. The molecule has 3 heteroatoms. The number of allylic oxidation sites excluding steroid dienone is 5. The molecule has 0 fully saturated rings. The summed E-state index contributed by atoms with van der Waals surface area (Å²) < 4.78 is 6.83. The van der Waals surface area contributed by atoms with Crippen LogP contribution in [0.25, 0.3) is 39.4 Å². The first-order chi connectivity index (χ1) is 26.0. The highest BCUT2D eigenvalue weighted by Crippen LogP contribution is 2.51. The summed E-state index contributed by atoms with van der Waals surface area (Å²) in [6.07, 6.45) is 16.7. The van der Waals surface area contributed by atoms with Gasteiger partial charge in [0.05, 0.1) is 11.1 Å². The molecular formula is C50H44N3+. The van der Waals surface area contributed by atoms with Crippen LogP contribution >= 0.6 is 0 Å². The zero-order valence-corrected chi connectivity index (χ0v) is 30.7. The highest BCUT2D eigenvalue weighted by molar-refractivity contribution is 6.17. The van der Waals surface area contributed by atoms with Crippen LogP contribution in [0.4, 0.5) is 11.4 Å². The monoisotopic (exact) mass is 686 g/mol. The number of fused-ring (bicyclic) bond motifs is 6. The third-order valence-corrected chi connectivity index (χ3v) is 12.5. The summed E-state index contributed by atoms with van der Waals surface area (Å²) >= 11 is 0. The van der Waals surface area contributed by atoms with Crippen LogP contribution in [0.5, 0.6) is 0 Å². The fourth-order valence-corrected chi connectivity index (χ4v) is 9.86. The minimum Gasteiger partial charge on any atom is -0.315 e. The van der Waals surface area contributed by atoms with Gasteiger partial charge in [-0.3, -0.25) is 0 Å². The number of anilines is 2. The minimum absolute atomic E-state index is 0.0639. The van der Waals surface area contributed by atoms with Crippen molar-refractivity contribution < 1.29 is 0 Å². The molecule has 2 heterocycles. The second kappa shape index (κ2) is 12.4. The molecule has 0 spiro atoms. The largest absolute Gasteiger partial charge is 0.315 e. The van der Waals surface area contributed by atoms with Gasteiger partial charge in [0.1, 0.15) is 0 Å². The number of para-hydroxylation sites is 2. The standard InChI is InChI=1S/C50H44N3/c1-33-28-39(21-23-41(33)35-20-25-49-45(30-35)44-17-8-10-19-48(44)53(49)37-13-5-4-6-14-37)52(38-15-11-12-34(29-38)36-26-27-51-32-36)40-22-24-43-42-16-7-9-18-46(42)50(2,3)47(43)31-40/h4-20,22,24-29,31-33,35,41H,21,23,30H2,1-3H3/q+1. The Hall–Kier alpha value is -5.89. The van der Waals surface area contributed by atoms with E-state index in [1.54, 1.807) is 0 Å². The van der Waals surface area contributed by atoms with Gasteiger partial charge in [0, 0.05) is 45.3 Å². The lowest BCUT2D eigenvalue weighted by Gasteiger charge is -2.38. The van der Waals surface area contributed by atoms with Crippen LogP contribution in [-0.2, 0) is 11.8 Å². The van der Waals surface area contributed by atoms with Crippen molar-refractivity contribution in [3.63, 3.8) is 0 Å². The van der Waals surface area contributed by atoms with Crippen molar-refractivity contribution in [1.82, 2.24) is 9.24 Å². The van der Waals surface area contributed by atoms with Gasteiger partial charge in [0.25, 0.3) is 12.4 Å². The first-order valence-electron chi connectivity index (χ1n) is 19.2. The van der Waals surface area contributed by atoms with Gasteiger partial charge in [-0.1, -0.05) is 112 Å². The molecule has 1 aliphatic heterocycles. The van der Waals surface area contributed by atoms with Crippen molar-refractivity contribution in [2.45, 2.75) is 45.4 Å². The minimum atomic E-state index is -0.0639. The quantitative estimate of drug-likeness (QED) is 0.160. The molecule has 4 aliphatic rings. The van der Waals surface area contributed by atoms with Crippen LogP contribution in [0, 0.1) is 17.8 Å². The molecule has 3 nitrogen and oxygen atoms in total. The maximum atomic E-state index is 4.37. The Morgan fingerprint density at radius 1 is 0.774 bits per heavy atom. The summed E-state index contributed by atoms with van der Waals surface area (Å²) in [6.45, 7) is 7.20. The fourth-order valence-electron chi connectivity index (χ4n) is 9.86. The second-order valence-electron chi connectivity index (χ2n) is 15.8. The molecule has 0 saturated heterocycles. The van der Waals surface area contributed by atoms with Crippen LogP contribution in [0.3, 0.4) is 0 Å². The van der Waals surface area contributed by atoms with Gasteiger partial charge in [-0.25, -0.2) is 0 Å². The molecule has 6 aromatic rings. The van der Waals surface area contributed by atoms with Crippen LogP contribution in [-0.4, -0.2) is 17.0 Å². The van der Waals surface area contributed by atoms with E-state index in [-0.39, 0.29) is 5.41 Å². The van der Waals surface area contributed by atoms with E-state index < -0.39 is 0 Å². The predicted octanol–water partition coefficient (Wildman–Crippen LogP) is 11.5. The van der Waals surface area contributed by atoms with E-state index >= 15 is 0 Å². The predicted molar refractivity (Wildman–Crippen MR) is 224 cm³/mol. The average molecular weight is 687 g/mol. The summed E-state index contributed by atoms with van der Waals surface area (Å²) in [5.74, 6) is 1.49. The lowest BCUT2D eigenvalue weighted by atomic mass is 9.71. The zero-order chi connectivity index (χ0) is 35.7. The summed E-state index contributed by atoms with van der Waals surface area (Å²) in [4.78, 5) is 2.55. The zero-order valence-electron chi connectivity index (χ0n) is 30.7. The van der Waals surface area contributed by atoms with Crippen molar-refractivity contribution in [3.8, 4) is 16.8 Å². The van der Waals surface area contributed by atoms with E-state index in [1.807, 2.05) is 12.4 Å². The number of hydrogen-bond acceptors (Lipinski definition) is 1. The number of benzene rings is 5. The molecule has 258 valence electrons. The average Bonchev–Trinajstić information content (AvgIpc) is 3.91. The van der Waals surface area contributed by atoms with E-state index in [0.717, 1.165) is 24.8 Å². The normalized spacial score (nSPS) is 20.5. The van der Waals surface area contributed by atoms with Crippen LogP contribution in [0.2, 0.25) is 0 Å². The molecule has 0 N–H and O–H groups in total. The van der Waals surface area contributed by atoms with Gasteiger partial charge in [-0.05, 0) is 119 Å². The number of nitrogens with zero attached hydrogens (tertiary/aromatic N) is 3. The van der Waals surface area contributed by atoms with Crippen molar-refractivity contribution in [1.29, 1.82) is 0 Å². The Balaban J connectivity index is 1.02. The van der Waals surface area contributed by atoms with E-state index in [0.29, 0.717) is 17.8 Å². The first-order valence-corrected chi connectivity index (χ1v) is 19.2. The van der Waals surface area contributed by atoms with E-state index in [2.05, 4.69) is 181 Å². The Bertz CT molecular complexity index is 2590. The first kappa shape index (κ1) is 31.8. The van der Waals surface area contributed by atoms with Gasteiger partial charge < -0.3 is 9.47 Å². The molecule has 3 atom stereocenters. The molecule has 3 unspecified atom stereocenters. The fraction of sp³-hybridized carbons (Fsp3) is 0.200. The summed E-state index contributed by atoms with van der Waals surface area (Å²) in [7, 11) is 0. The van der Waals surface area contributed by atoms with Gasteiger partial charge >= 0.3 is 0 Å². The molecular weight excluding hydrogens is 643 g/mol. The van der Waals surface area contributed by atoms with Crippen LogP contribution in [0.1, 0.15) is 61.6 Å². The lowest BCUT2D eigenvalue weighted by molar-refractivity contribution is 0.283. The van der Waals surface area contributed by atoms with Crippen molar-refractivity contribution in [2.24, 2.45) is 17.8 Å². The maximum Gasteiger partial charge on any atom is 0.300 e. The topological polar surface area (TPSA) is 22.3 Å². The van der Waals surface area contributed by atoms with Crippen molar-refractivity contribution in [2.75, 3.05) is 4.90 Å². The summed E-state index contributed by atoms with van der Waals surface area (Å²) in [5, 5.41) is 1.38. The molecule has 53 heavy (non-hydrogen) atoms. The molecule has 0 bridgehead atoms. The van der Waals surface area contributed by atoms with Gasteiger partial charge in [-0.2, -0.15) is 0 Å². The summed E-state index contributed by atoms with van der Waals surface area (Å²) in [6, 6.07) is 44.9. The molecule has 5 aromatic carbocycles. The smallest absolute Gasteiger partial charge is 0.300 e. The van der Waals surface area contributed by atoms with E-state index in [4.69, 9.17) is 0 Å². The highest BCUT2D eigenvalue weighted by Gasteiger charge is 2.37. The van der Waals surface area contributed by atoms with Gasteiger partial charge in [0.2, 0.25) is 0 Å². The second-order valence-corrected chi connectivity index (χ2v) is 15.8. The molecule has 0 saturated carbocycles. The van der Waals surface area contributed by atoms with Gasteiger partial charge in [0.15, 0.2) is 0 Å². The number of aromatic nitrogens is 1. The van der Waals surface area contributed by atoms with Crippen LogP contribution < -0.4 is 9.57 Å². The summed E-state index contributed by atoms with van der Waals surface area (Å²) in [5.41, 5.74) is 17.0. The van der Waals surface area contributed by atoms with E-state index in [9.17, 15) is 0 Å². The van der Waals surface area contributed by atoms with Gasteiger partial charge in [-0.15, -0.1) is 4.67 Å². The van der Waals surface area contributed by atoms with Crippen molar-refractivity contribution >= 4 is 46.4 Å². The third-order valence-electron chi connectivity index (χ3n) is 12.5. The lowest BCUT2D eigenvalue weighted by Crippen LogP contribution is -2.29. The molecule has 3 aliphatic carbocycles. The molecule has 1 aromatic heterocycles. The Morgan fingerprint density at radius 2 is 1.57 bits per heavy atom. The Labute approximate surface area is 312 Å². The van der Waals surface area contributed by atoms with E-state index in [1.165, 1.54) is 72.7 Å². The third kappa shape index (κ3) is 5.14. The SMILES string of the molecule is CC1C=C(N(c2cccc(C3=CC=[N+]=C3)c2)c2ccc3c(c2)C(C)(C)c2ccccc2-3)CCC1C1C=Cc2c(c3ccccc3n2-c2ccccc2)C1. The molecule has 10 rings (SSSR count). The molecule has 0 amide bonds.